The Balaban J connectivity index is 2.26. The Hall–Kier alpha value is -1.61. The molecule has 1 aromatic carbocycles. The van der Waals surface area contributed by atoms with E-state index in [0.29, 0.717) is 6.04 Å². The first-order chi connectivity index (χ1) is 9.65. The molecule has 1 heterocycles. The largest absolute Gasteiger partial charge is 0.309 e. The minimum atomic E-state index is 0.318. The van der Waals surface area contributed by atoms with Gasteiger partial charge in [0.05, 0.1) is 17.4 Å². The van der Waals surface area contributed by atoms with E-state index in [9.17, 15) is 0 Å². The van der Waals surface area contributed by atoms with Crippen molar-refractivity contribution in [3.63, 3.8) is 0 Å². The summed E-state index contributed by atoms with van der Waals surface area (Å²) in [6.07, 6.45) is 1.99. The van der Waals surface area contributed by atoms with Gasteiger partial charge in [-0.1, -0.05) is 38.1 Å². The second-order valence-corrected chi connectivity index (χ2v) is 5.28. The molecule has 2 aromatic rings. The fraction of sp³-hybridized carbons (Fsp3) is 0.471. The van der Waals surface area contributed by atoms with Crippen molar-refractivity contribution in [2.75, 3.05) is 6.54 Å². The highest BCUT2D eigenvalue weighted by atomic mass is 15.3. The molecule has 1 atom stereocenters. The molecule has 0 aliphatic heterocycles. The number of nitrogens with one attached hydrogen (secondary N) is 1. The van der Waals surface area contributed by atoms with Gasteiger partial charge in [0.1, 0.15) is 0 Å². The lowest BCUT2D eigenvalue weighted by atomic mass is 9.99. The zero-order valence-corrected chi connectivity index (χ0v) is 13.0. The summed E-state index contributed by atoms with van der Waals surface area (Å²) in [5.41, 5.74) is 5.19. The molecule has 0 radical (unpaired) electrons. The second-order valence-electron chi connectivity index (χ2n) is 5.28. The summed E-state index contributed by atoms with van der Waals surface area (Å²) in [7, 11) is 2.04. The van der Waals surface area contributed by atoms with Gasteiger partial charge in [-0.2, -0.15) is 5.10 Å². The molecule has 3 heteroatoms. The molecule has 1 N–H and O–H groups in total. The van der Waals surface area contributed by atoms with Gasteiger partial charge in [0, 0.05) is 7.05 Å². The summed E-state index contributed by atoms with van der Waals surface area (Å²) in [6, 6.07) is 11.2. The van der Waals surface area contributed by atoms with Gasteiger partial charge < -0.3 is 5.32 Å². The fourth-order valence-electron chi connectivity index (χ4n) is 2.63. The third-order valence-corrected chi connectivity index (χ3v) is 3.82. The SMILES string of the molecule is CCNC(Cc1ccccc1C)c1cc(CC)nn1C. The van der Waals surface area contributed by atoms with E-state index in [2.05, 4.69) is 61.5 Å². The molecular weight excluding hydrogens is 246 g/mol. The zero-order chi connectivity index (χ0) is 14.5. The first-order valence-corrected chi connectivity index (χ1v) is 7.46. The Kier molecular flexibility index (Phi) is 4.96. The lowest BCUT2D eigenvalue weighted by Crippen LogP contribution is -2.25. The fourth-order valence-corrected chi connectivity index (χ4v) is 2.63. The summed E-state index contributed by atoms with van der Waals surface area (Å²) < 4.78 is 2.02. The number of aromatic nitrogens is 2. The maximum absolute atomic E-state index is 4.57. The van der Waals surface area contributed by atoms with Crippen molar-refractivity contribution in [2.24, 2.45) is 7.05 Å². The number of benzene rings is 1. The van der Waals surface area contributed by atoms with Crippen LogP contribution in [0.2, 0.25) is 0 Å². The Labute approximate surface area is 122 Å². The molecule has 0 saturated carbocycles. The molecule has 0 spiro atoms. The van der Waals surface area contributed by atoms with Gasteiger partial charge in [0.25, 0.3) is 0 Å². The summed E-state index contributed by atoms with van der Waals surface area (Å²) in [6.45, 7) is 7.44. The van der Waals surface area contributed by atoms with Crippen LogP contribution in [0, 0.1) is 6.92 Å². The lowest BCUT2D eigenvalue weighted by molar-refractivity contribution is 0.506. The Morgan fingerprint density at radius 3 is 2.60 bits per heavy atom. The van der Waals surface area contributed by atoms with Crippen molar-refractivity contribution in [1.82, 2.24) is 15.1 Å². The minimum absolute atomic E-state index is 0.318. The van der Waals surface area contributed by atoms with Gasteiger partial charge in [0.15, 0.2) is 0 Å². The highest BCUT2D eigenvalue weighted by molar-refractivity contribution is 5.28. The average molecular weight is 271 g/mol. The van der Waals surface area contributed by atoms with Gasteiger partial charge in [-0.25, -0.2) is 0 Å². The van der Waals surface area contributed by atoms with Crippen LogP contribution >= 0.6 is 0 Å². The van der Waals surface area contributed by atoms with E-state index < -0.39 is 0 Å². The molecule has 0 aliphatic carbocycles. The first-order valence-electron chi connectivity index (χ1n) is 7.46. The van der Waals surface area contributed by atoms with E-state index in [1.165, 1.54) is 16.8 Å². The molecule has 20 heavy (non-hydrogen) atoms. The van der Waals surface area contributed by atoms with Crippen LogP contribution < -0.4 is 5.32 Å². The van der Waals surface area contributed by atoms with E-state index in [-0.39, 0.29) is 0 Å². The van der Waals surface area contributed by atoms with E-state index >= 15 is 0 Å². The Morgan fingerprint density at radius 2 is 2.00 bits per heavy atom. The normalized spacial score (nSPS) is 12.6. The van der Waals surface area contributed by atoms with Crippen molar-refractivity contribution >= 4 is 0 Å². The molecule has 3 nitrogen and oxygen atoms in total. The van der Waals surface area contributed by atoms with Crippen LogP contribution in [0.25, 0.3) is 0 Å². The Bertz CT molecular complexity index is 557. The maximum Gasteiger partial charge on any atom is 0.0625 e. The number of rotatable bonds is 6. The van der Waals surface area contributed by atoms with Gasteiger partial charge in [-0.05, 0) is 43.5 Å². The van der Waals surface area contributed by atoms with Crippen LogP contribution in [0.1, 0.15) is 42.4 Å². The molecule has 0 amide bonds. The van der Waals surface area contributed by atoms with E-state index in [1.807, 2.05) is 11.7 Å². The van der Waals surface area contributed by atoms with Gasteiger partial charge >= 0.3 is 0 Å². The highest BCUT2D eigenvalue weighted by Gasteiger charge is 2.17. The summed E-state index contributed by atoms with van der Waals surface area (Å²) in [4.78, 5) is 0. The predicted octanol–water partition coefficient (Wildman–Crippen LogP) is 3.18. The molecule has 0 fully saturated rings. The summed E-state index contributed by atoms with van der Waals surface area (Å²) in [5.74, 6) is 0. The van der Waals surface area contributed by atoms with Crippen LogP contribution in [0.5, 0.6) is 0 Å². The number of hydrogen-bond donors (Lipinski definition) is 1. The van der Waals surface area contributed by atoms with Crippen molar-refractivity contribution in [2.45, 2.75) is 39.7 Å². The van der Waals surface area contributed by atoms with E-state index in [0.717, 1.165) is 25.1 Å². The van der Waals surface area contributed by atoms with Crippen molar-refractivity contribution in [3.8, 4) is 0 Å². The predicted molar refractivity (Wildman–Crippen MR) is 83.9 cm³/mol. The number of nitrogens with zero attached hydrogens (tertiary/aromatic N) is 2. The van der Waals surface area contributed by atoms with Crippen LogP contribution in [0.4, 0.5) is 0 Å². The van der Waals surface area contributed by atoms with Gasteiger partial charge in [0.2, 0.25) is 0 Å². The number of hydrogen-bond acceptors (Lipinski definition) is 2. The molecule has 0 bridgehead atoms. The average Bonchev–Trinajstić information content (AvgIpc) is 2.82. The molecule has 1 unspecified atom stereocenters. The van der Waals surface area contributed by atoms with Crippen LogP contribution in [0.15, 0.2) is 30.3 Å². The topological polar surface area (TPSA) is 29.9 Å². The summed E-state index contributed by atoms with van der Waals surface area (Å²) >= 11 is 0. The number of aryl methyl sites for hydroxylation is 3. The monoisotopic (exact) mass is 271 g/mol. The Morgan fingerprint density at radius 1 is 1.25 bits per heavy atom. The standard InChI is InChI=1S/C17H25N3/c1-5-15-12-17(20(4)19-15)16(18-6-2)11-14-10-8-7-9-13(14)3/h7-10,12,16,18H,5-6,11H2,1-4H3. The third kappa shape index (κ3) is 3.28. The van der Waals surface area contributed by atoms with E-state index in [1.54, 1.807) is 0 Å². The lowest BCUT2D eigenvalue weighted by Gasteiger charge is -2.19. The van der Waals surface area contributed by atoms with Crippen LogP contribution in [-0.2, 0) is 19.9 Å². The van der Waals surface area contributed by atoms with Crippen LogP contribution in [-0.4, -0.2) is 16.3 Å². The number of likely N-dealkylation sites (N-methyl/N-ethyl adjacent to an activating group) is 1. The van der Waals surface area contributed by atoms with Gasteiger partial charge in [-0.3, -0.25) is 4.68 Å². The van der Waals surface area contributed by atoms with Gasteiger partial charge in [-0.15, -0.1) is 0 Å². The highest BCUT2D eigenvalue weighted by Crippen LogP contribution is 2.21. The van der Waals surface area contributed by atoms with Crippen molar-refractivity contribution in [3.05, 3.63) is 52.8 Å². The maximum atomic E-state index is 4.57. The second kappa shape index (κ2) is 6.71. The minimum Gasteiger partial charge on any atom is -0.309 e. The van der Waals surface area contributed by atoms with Crippen molar-refractivity contribution in [1.29, 1.82) is 0 Å². The van der Waals surface area contributed by atoms with Crippen molar-refractivity contribution < 1.29 is 0 Å². The molecule has 108 valence electrons. The molecule has 1 aromatic heterocycles. The third-order valence-electron chi connectivity index (χ3n) is 3.82. The molecule has 0 saturated heterocycles. The quantitative estimate of drug-likeness (QED) is 0.874. The smallest absolute Gasteiger partial charge is 0.0625 e. The first kappa shape index (κ1) is 14.8. The molecule has 2 rings (SSSR count). The molecule has 0 aliphatic rings. The zero-order valence-electron chi connectivity index (χ0n) is 13.0. The summed E-state index contributed by atoms with van der Waals surface area (Å²) in [5, 5.41) is 8.17. The molecular formula is C17H25N3. The van der Waals surface area contributed by atoms with E-state index in [4.69, 9.17) is 0 Å². The van der Waals surface area contributed by atoms with Crippen LogP contribution in [0.3, 0.4) is 0 Å².